The lowest BCUT2D eigenvalue weighted by Crippen LogP contribution is -2.57. The van der Waals surface area contributed by atoms with Crippen molar-refractivity contribution in [1.82, 2.24) is 10.2 Å². The summed E-state index contributed by atoms with van der Waals surface area (Å²) in [6.07, 6.45) is 4.88. The molecule has 0 unspecified atom stereocenters. The molecular weight excluding hydrogens is 364 g/mol. The fourth-order valence-electron chi connectivity index (χ4n) is 3.34. The van der Waals surface area contributed by atoms with Crippen LogP contribution in [0.4, 0.5) is 4.79 Å². The average Bonchev–Trinajstić information content (AvgIpc) is 3.19. The van der Waals surface area contributed by atoms with Gasteiger partial charge in [-0.2, -0.15) is 0 Å². The highest BCUT2D eigenvalue weighted by molar-refractivity contribution is 6.31. The number of carbonyl (C=O) groups is 4. The Labute approximate surface area is 162 Å². The second kappa shape index (κ2) is 8.69. The summed E-state index contributed by atoms with van der Waals surface area (Å²) >= 11 is 0. The molecule has 1 saturated carbocycles. The van der Waals surface area contributed by atoms with E-state index in [4.69, 9.17) is 9.47 Å². The molecule has 8 nitrogen and oxygen atoms in total. The summed E-state index contributed by atoms with van der Waals surface area (Å²) in [5, 5.41) is 2.25. The molecule has 0 spiro atoms. The van der Waals surface area contributed by atoms with E-state index in [1.807, 2.05) is 0 Å². The van der Waals surface area contributed by atoms with Gasteiger partial charge in [-0.1, -0.05) is 25.0 Å². The van der Waals surface area contributed by atoms with Crippen molar-refractivity contribution in [3.05, 3.63) is 35.4 Å². The maximum absolute atomic E-state index is 12.7. The number of imide groups is 2. The molecule has 1 N–H and O–H groups in total. The summed E-state index contributed by atoms with van der Waals surface area (Å²) in [5.74, 6) is -1.28. The third-order valence-electron chi connectivity index (χ3n) is 4.68. The van der Waals surface area contributed by atoms with Gasteiger partial charge >= 0.3 is 12.0 Å². The number of hydrogen-bond donors (Lipinski definition) is 1. The zero-order valence-electron chi connectivity index (χ0n) is 15.6. The zero-order chi connectivity index (χ0) is 20.1. The van der Waals surface area contributed by atoms with Crippen LogP contribution < -0.4 is 10.1 Å². The number of urea groups is 1. The second-order valence-corrected chi connectivity index (χ2v) is 6.59. The first kappa shape index (κ1) is 19.6. The Morgan fingerprint density at radius 1 is 1.18 bits per heavy atom. The highest BCUT2D eigenvalue weighted by Crippen LogP contribution is 2.27. The van der Waals surface area contributed by atoms with Crippen molar-refractivity contribution in [2.45, 2.75) is 38.6 Å². The normalized spacial score (nSPS) is 19.1. The highest BCUT2D eigenvalue weighted by atomic mass is 16.6. The summed E-state index contributed by atoms with van der Waals surface area (Å²) < 4.78 is 10.1. The first-order chi connectivity index (χ1) is 13.5. The Kier molecular flexibility index (Phi) is 6.08. The van der Waals surface area contributed by atoms with Crippen LogP contribution in [0.15, 0.2) is 29.8 Å². The maximum Gasteiger partial charge on any atom is 0.344 e. The van der Waals surface area contributed by atoms with E-state index in [9.17, 15) is 19.2 Å². The Bertz CT molecular complexity index is 808. The van der Waals surface area contributed by atoms with Crippen LogP contribution in [0.5, 0.6) is 5.75 Å². The van der Waals surface area contributed by atoms with E-state index in [0.717, 1.165) is 30.6 Å². The van der Waals surface area contributed by atoms with Crippen LogP contribution in [0.25, 0.3) is 6.08 Å². The molecule has 28 heavy (non-hydrogen) atoms. The standard InChI is InChI=1S/C20H22N2O6/c1-2-27-17(23)12-28-15-9-7-13(8-10-15)11-16-18(24)21-20(26)22(19(16)25)14-5-3-4-6-14/h7-11,14H,2-6,12H2,1H3,(H,21,24,26). The van der Waals surface area contributed by atoms with Crippen LogP contribution in [-0.2, 0) is 19.1 Å². The van der Waals surface area contributed by atoms with Crippen LogP contribution in [-0.4, -0.2) is 48.0 Å². The zero-order valence-corrected chi connectivity index (χ0v) is 15.6. The molecule has 8 heteroatoms. The molecular formula is C20H22N2O6. The summed E-state index contributed by atoms with van der Waals surface area (Å²) in [4.78, 5) is 49.5. The molecule has 1 aromatic carbocycles. The molecule has 2 aliphatic rings. The second-order valence-electron chi connectivity index (χ2n) is 6.59. The van der Waals surface area contributed by atoms with Gasteiger partial charge in [-0.05, 0) is 43.5 Å². The topological polar surface area (TPSA) is 102 Å². The summed E-state index contributed by atoms with van der Waals surface area (Å²) in [6.45, 7) is 1.79. The lowest BCUT2D eigenvalue weighted by atomic mass is 10.1. The predicted octanol–water partition coefficient (Wildman–Crippen LogP) is 2.03. The van der Waals surface area contributed by atoms with Crippen molar-refractivity contribution in [3.63, 3.8) is 0 Å². The number of nitrogens with one attached hydrogen (secondary N) is 1. The Morgan fingerprint density at radius 3 is 2.50 bits per heavy atom. The number of amides is 4. The monoisotopic (exact) mass is 386 g/mol. The molecule has 1 aromatic rings. The average molecular weight is 386 g/mol. The van der Waals surface area contributed by atoms with E-state index in [0.29, 0.717) is 11.3 Å². The van der Waals surface area contributed by atoms with E-state index in [2.05, 4.69) is 5.32 Å². The number of carbonyl (C=O) groups excluding carboxylic acids is 4. The first-order valence-corrected chi connectivity index (χ1v) is 9.28. The van der Waals surface area contributed by atoms with E-state index < -0.39 is 23.8 Å². The molecule has 3 rings (SSSR count). The Hall–Kier alpha value is -3.16. The van der Waals surface area contributed by atoms with Crippen molar-refractivity contribution < 1.29 is 28.7 Å². The lowest BCUT2D eigenvalue weighted by molar-refractivity contribution is -0.145. The Balaban J connectivity index is 1.72. The smallest absolute Gasteiger partial charge is 0.344 e. The third-order valence-corrected chi connectivity index (χ3v) is 4.68. The Morgan fingerprint density at radius 2 is 1.86 bits per heavy atom. The number of ether oxygens (including phenoxy) is 2. The first-order valence-electron chi connectivity index (χ1n) is 9.28. The highest BCUT2D eigenvalue weighted by Gasteiger charge is 2.40. The van der Waals surface area contributed by atoms with Gasteiger partial charge in [-0.25, -0.2) is 9.59 Å². The van der Waals surface area contributed by atoms with Gasteiger partial charge in [0.15, 0.2) is 6.61 Å². The number of rotatable bonds is 6. The van der Waals surface area contributed by atoms with Gasteiger partial charge in [0.1, 0.15) is 11.3 Å². The predicted molar refractivity (Wildman–Crippen MR) is 99.2 cm³/mol. The molecule has 1 aliphatic carbocycles. The molecule has 0 radical (unpaired) electrons. The maximum atomic E-state index is 12.7. The van der Waals surface area contributed by atoms with Gasteiger partial charge in [0.25, 0.3) is 11.8 Å². The number of esters is 1. The fraction of sp³-hybridized carbons (Fsp3) is 0.400. The number of nitrogens with zero attached hydrogens (tertiary/aromatic N) is 1. The van der Waals surface area contributed by atoms with Gasteiger partial charge in [-0.3, -0.25) is 19.8 Å². The molecule has 1 heterocycles. The van der Waals surface area contributed by atoms with E-state index >= 15 is 0 Å². The molecule has 2 fully saturated rings. The molecule has 1 aliphatic heterocycles. The van der Waals surface area contributed by atoms with E-state index in [1.165, 1.54) is 6.08 Å². The minimum absolute atomic E-state index is 0.0771. The largest absolute Gasteiger partial charge is 0.482 e. The van der Waals surface area contributed by atoms with Crippen LogP contribution in [0.3, 0.4) is 0 Å². The van der Waals surface area contributed by atoms with Gasteiger partial charge < -0.3 is 9.47 Å². The minimum atomic E-state index is -0.702. The van der Waals surface area contributed by atoms with Crippen LogP contribution in [0.1, 0.15) is 38.2 Å². The van der Waals surface area contributed by atoms with Crippen LogP contribution >= 0.6 is 0 Å². The molecule has 0 aromatic heterocycles. The summed E-state index contributed by atoms with van der Waals surface area (Å²) in [5.41, 5.74) is 0.523. The van der Waals surface area contributed by atoms with Crippen molar-refractivity contribution in [2.24, 2.45) is 0 Å². The number of barbiturate groups is 1. The molecule has 0 atom stereocenters. The van der Waals surface area contributed by atoms with Gasteiger partial charge in [0, 0.05) is 6.04 Å². The van der Waals surface area contributed by atoms with Crippen molar-refractivity contribution in [3.8, 4) is 5.75 Å². The molecule has 148 valence electrons. The van der Waals surface area contributed by atoms with Gasteiger partial charge in [0.2, 0.25) is 0 Å². The van der Waals surface area contributed by atoms with Crippen molar-refractivity contribution in [2.75, 3.05) is 13.2 Å². The number of benzene rings is 1. The third kappa shape index (κ3) is 4.39. The SMILES string of the molecule is CCOC(=O)COc1ccc(C=C2C(=O)NC(=O)N(C3CCCC3)C2=O)cc1. The van der Waals surface area contributed by atoms with Crippen LogP contribution in [0.2, 0.25) is 0 Å². The van der Waals surface area contributed by atoms with Gasteiger partial charge in [-0.15, -0.1) is 0 Å². The van der Waals surface area contributed by atoms with E-state index in [-0.39, 0.29) is 24.8 Å². The van der Waals surface area contributed by atoms with Gasteiger partial charge in [0.05, 0.1) is 6.61 Å². The van der Waals surface area contributed by atoms with E-state index in [1.54, 1.807) is 31.2 Å². The number of hydrogen-bond acceptors (Lipinski definition) is 6. The summed E-state index contributed by atoms with van der Waals surface area (Å²) in [7, 11) is 0. The quantitative estimate of drug-likeness (QED) is 0.456. The van der Waals surface area contributed by atoms with Crippen LogP contribution in [0, 0.1) is 0 Å². The summed E-state index contributed by atoms with van der Waals surface area (Å²) in [6, 6.07) is 5.74. The van der Waals surface area contributed by atoms with Crippen molar-refractivity contribution >= 4 is 29.9 Å². The minimum Gasteiger partial charge on any atom is -0.482 e. The molecule has 1 saturated heterocycles. The van der Waals surface area contributed by atoms with Crippen molar-refractivity contribution in [1.29, 1.82) is 0 Å². The fourth-order valence-corrected chi connectivity index (χ4v) is 3.34. The lowest BCUT2D eigenvalue weighted by Gasteiger charge is -2.31. The molecule has 0 bridgehead atoms. The molecule has 4 amide bonds.